The molecule has 0 aliphatic carbocycles. The summed E-state index contributed by atoms with van der Waals surface area (Å²) in [7, 11) is 0. The van der Waals surface area contributed by atoms with E-state index in [4.69, 9.17) is 11.6 Å². The summed E-state index contributed by atoms with van der Waals surface area (Å²) in [5.74, 6) is 0. The van der Waals surface area contributed by atoms with Crippen molar-refractivity contribution < 1.29 is 5.11 Å². The third-order valence-electron chi connectivity index (χ3n) is 2.48. The third-order valence-corrected chi connectivity index (χ3v) is 3.44. The summed E-state index contributed by atoms with van der Waals surface area (Å²) in [5.41, 5.74) is 1.11. The van der Waals surface area contributed by atoms with Gasteiger partial charge in [-0.1, -0.05) is 48.3 Å². The van der Waals surface area contributed by atoms with Gasteiger partial charge in [-0.3, -0.25) is 0 Å². The second-order valence-electron chi connectivity index (χ2n) is 5.28. The van der Waals surface area contributed by atoms with Crippen LogP contribution in [0, 0.1) is 5.41 Å². The monoisotopic (exact) mass is 304 g/mol. The number of benzene rings is 1. The Hall–Kier alpha value is -0.0500. The minimum atomic E-state index is -0.452. The molecule has 16 heavy (non-hydrogen) atoms. The summed E-state index contributed by atoms with van der Waals surface area (Å²) in [6.45, 7) is 6.52. The highest BCUT2D eigenvalue weighted by Gasteiger charge is 2.16. The van der Waals surface area contributed by atoms with E-state index in [-0.39, 0.29) is 5.41 Å². The number of rotatable bonds is 3. The minimum Gasteiger partial charge on any atom is -0.388 e. The zero-order valence-electron chi connectivity index (χ0n) is 9.93. The first kappa shape index (κ1) is 14.0. The van der Waals surface area contributed by atoms with Crippen LogP contribution in [0.25, 0.3) is 0 Å². The quantitative estimate of drug-likeness (QED) is 0.836. The molecule has 0 saturated carbocycles. The Morgan fingerprint density at radius 3 is 2.56 bits per heavy atom. The second kappa shape index (κ2) is 5.52. The normalized spacial score (nSPS) is 13.9. The maximum atomic E-state index is 10.1. The first-order valence-corrected chi connectivity index (χ1v) is 6.60. The van der Waals surface area contributed by atoms with E-state index in [9.17, 15) is 5.11 Å². The Bertz CT molecular complexity index is 357. The van der Waals surface area contributed by atoms with Crippen molar-refractivity contribution >= 4 is 27.5 Å². The molecule has 0 heterocycles. The zero-order valence-corrected chi connectivity index (χ0v) is 12.3. The van der Waals surface area contributed by atoms with Gasteiger partial charge >= 0.3 is 0 Å². The van der Waals surface area contributed by atoms with E-state index in [1.54, 1.807) is 0 Å². The Labute approximate surface area is 111 Å². The SMILES string of the molecule is CC(C)(C)CCC(O)c1cc(Cl)ccc1Br. The molecule has 1 rings (SSSR count). The lowest BCUT2D eigenvalue weighted by molar-refractivity contribution is 0.147. The van der Waals surface area contributed by atoms with E-state index < -0.39 is 6.10 Å². The van der Waals surface area contributed by atoms with Crippen molar-refractivity contribution in [2.45, 2.75) is 39.7 Å². The Morgan fingerprint density at radius 1 is 1.38 bits per heavy atom. The van der Waals surface area contributed by atoms with Gasteiger partial charge in [-0.15, -0.1) is 0 Å². The van der Waals surface area contributed by atoms with Gasteiger partial charge in [0.25, 0.3) is 0 Å². The van der Waals surface area contributed by atoms with Gasteiger partial charge in [0.05, 0.1) is 6.10 Å². The lowest BCUT2D eigenvalue weighted by Crippen LogP contribution is -2.08. The van der Waals surface area contributed by atoms with E-state index in [1.165, 1.54) is 0 Å². The number of aliphatic hydroxyl groups is 1. The molecule has 0 aromatic heterocycles. The van der Waals surface area contributed by atoms with Crippen LogP contribution in [0.3, 0.4) is 0 Å². The number of hydrogen-bond donors (Lipinski definition) is 1. The highest BCUT2D eigenvalue weighted by molar-refractivity contribution is 9.10. The molecule has 0 aliphatic rings. The molecule has 1 unspecified atom stereocenters. The Morgan fingerprint density at radius 2 is 2.00 bits per heavy atom. The van der Waals surface area contributed by atoms with Gasteiger partial charge in [0.15, 0.2) is 0 Å². The third kappa shape index (κ3) is 4.44. The molecule has 0 aliphatic heterocycles. The van der Waals surface area contributed by atoms with Crippen molar-refractivity contribution in [3.05, 3.63) is 33.3 Å². The van der Waals surface area contributed by atoms with Crippen molar-refractivity contribution in [1.82, 2.24) is 0 Å². The van der Waals surface area contributed by atoms with Gasteiger partial charge in [-0.25, -0.2) is 0 Å². The smallest absolute Gasteiger partial charge is 0.0801 e. The molecule has 0 amide bonds. The van der Waals surface area contributed by atoms with E-state index in [0.717, 1.165) is 22.9 Å². The summed E-state index contributed by atoms with van der Waals surface area (Å²) in [6.07, 6.45) is 1.28. The predicted octanol–water partition coefficient (Wildman–Crippen LogP) is 4.96. The molecule has 1 nitrogen and oxygen atoms in total. The average molecular weight is 306 g/mol. The highest BCUT2D eigenvalue weighted by atomic mass is 79.9. The average Bonchev–Trinajstić information content (AvgIpc) is 2.17. The van der Waals surface area contributed by atoms with E-state index in [0.29, 0.717) is 5.02 Å². The van der Waals surface area contributed by atoms with Gasteiger partial charge in [-0.05, 0) is 42.0 Å². The second-order valence-corrected chi connectivity index (χ2v) is 6.57. The van der Waals surface area contributed by atoms with Crippen LogP contribution < -0.4 is 0 Å². The molecule has 0 fully saturated rings. The van der Waals surface area contributed by atoms with Crippen LogP contribution in [-0.4, -0.2) is 5.11 Å². The highest BCUT2D eigenvalue weighted by Crippen LogP contribution is 2.32. The van der Waals surface area contributed by atoms with Crippen LogP contribution in [0.5, 0.6) is 0 Å². The minimum absolute atomic E-state index is 0.242. The fourth-order valence-electron chi connectivity index (χ4n) is 1.50. The molecule has 1 aromatic carbocycles. The predicted molar refractivity (Wildman–Crippen MR) is 72.8 cm³/mol. The number of hydrogen-bond acceptors (Lipinski definition) is 1. The standard InChI is InChI=1S/C13H18BrClO/c1-13(2,3)7-6-12(16)10-8-9(15)4-5-11(10)14/h4-5,8,12,16H,6-7H2,1-3H3. The maximum Gasteiger partial charge on any atom is 0.0801 e. The van der Waals surface area contributed by atoms with Crippen LogP contribution in [0.2, 0.25) is 5.02 Å². The topological polar surface area (TPSA) is 20.2 Å². The Balaban J connectivity index is 2.73. The molecule has 0 bridgehead atoms. The van der Waals surface area contributed by atoms with Gasteiger partial charge in [0.2, 0.25) is 0 Å². The lowest BCUT2D eigenvalue weighted by atomic mass is 9.88. The van der Waals surface area contributed by atoms with Crippen LogP contribution in [-0.2, 0) is 0 Å². The van der Waals surface area contributed by atoms with Crippen molar-refractivity contribution in [2.24, 2.45) is 5.41 Å². The number of halogens is 2. The van der Waals surface area contributed by atoms with Gasteiger partial charge in [0.1, 0.15) is 0 Å². The Kier molecular flexibility index (Phi) is 4.84. The van der Waals surface area contributed by atoms with E-state index in [1.807, 2.05) is 18.2 Å². The first-order valence-electron chi connectivity index (χ1n) is 5.42. The maximum absolute atomic E-state index is 10.1. The molecule has 0 radical (unpaired) electrons. The first-order chi connectivity index (χ1) is 7.29. The molecule has 3 heteroatoms. The van der Waals surface area contributed by atoms with Gasteiger partial charge in [0, 0.05) is 9.50 Å². The molecule has 1 atom stereocenters. The van der Waals surface area contributed by atoms with Crippen LogP contribution in [0.4, 0.5) is 0 Å². The van der Waals surface area contributed by atoms with Crippen molar-refractivity contribution in [3.8, 4) is 0 Å². The van der Waals surface area contributed by atoms with Crippen LogP contribution >= 0.6 is 27.5 Å². The van der Waals surface area contributed by atoms with Crippen LogP contribution in [0.1, 0.15) is 45.3 Å². The molecule has 90 valence electrons. The van der Waals surface area contributed by atoms with E-state index in [2.05, 4.69) is 36.7 Å². The molecule has 0 saturated heterocycles. The molecule has 0 spiro atoms. The summed E-state index contributed by atoms with van der Waals surface area (Å²) in [6, 6.07) is 5.50. The summed E-state index contributed by atoms with van der Waals surface area (Å²) in [5, 5.41) is 10.8. The summed E-state index contributed by atoms with van der Waals surface area (Å²) >= 11 is 9.35. The van der Waals surface area contributed by atoms with E-state index >= 15 is 0 Å². The molecular weight excluding hydrogens is 287 g/mol. The fourth-order valence-corrected chi connectivity index (χ4v) is 2.19. The molecular formula is C13H18BrClO. The summed E-state index contributed by atoms with van der Waals surface area (Å²) < 4.78 is 0.915. The van der Waals surface area contributed by atoms with Gasteiger partial charge in [-0.2, -0.15) is 0 Å². The lowest BCUT2D eigenvalue weighted by Gasteiger charge is -2.21. The number of aliphatic hydroxyl groups excluding tert-OH is 1. The molecule has 1 aromatic rings. The van der Waals surface area contributed by atoms with Crippen molar-refractivity contribution in [2.75, 3.05) is 0 Å². The van der Waals surface area contributed by atoms with Crippen molar-refractivity contribution in [3.63, 3.8) is 0 Å². The van der Waals surface area contributed by atoms with Crippen molar-refractivity contribution in [1.29, 1.82) is 0 Å². The van der Waals surface area contributed by atoms with Gasteiger partial charge < -0.3 is 5.11 Å². The largest absolute Gasteiger partial charge is 0.388 e. The van der Waals surface area contributed by atoms with Crippen LogP contribution in [0.15, 0.2) is 22.7 Å². The molecule has 1 N–H and O–H groups in total. The fraction of sp³-hybridized carbons (Fsp3) is 0.538. The zero-order chi connectivity index (χ0) is 12.3. The summed E-state index contributed by atoms with van der Waals surface area (Å²) in [4.78, 5) is 0.